The lowest BCUT2D eigenvalue weighted by Gasteiger charge is -2.37. The minimum Gasteiger partial charge on any atom is -0.444 e. The van der Waals surface area contributed by atoms with Crippen LogP contribution in [-0.4, -0.2) is 95.1 Å². The molecule has 3 aliphatic rings. The van der Waals surface area contributed by atoms with Gasteiger partial charge < -0.3 is 25.6 Å². The van der Waals surface area contributed by atoms with E-state index in [4.69, 9.17) is 16.3 Å². The first-order chi connectivity index (χ1) is 21.6. The van der Waals surface area contributed by atoms with Crippen molar-refractivity contribution in [2.24, 2.45) is 17.8 Å². The zero-order valence-corrected chi connectivity index (χ0v) is 30.4. The quantitative estimate of drug-likeness (QED) is 0.150. The molecule has 0 aromatic rings. The van der Waals surface area contributed by atoms with Crippen molar-refractivity contribution in [3.05, 3.63) is 12.7 Å². The Bertz CT molecular complexity index is 1330. The summed E-state index contributed by atoms with van der Waals surface area (Å²) in [7, 11) is -3.54. The van der Waals surface area contributed by atoms with Crippen LogP contribution in [0.2, 0.25) is 0 Å². The van der Waals surface area contributed by atoms with E-state index >= 15 is 0 Å². The number of carbonyl (C=O) groups excluding carboxylic acids is 5. The Balaban J connectivity index is 1.80. The second kappa shape index (κ2) is 14.8. The average Bonchev–Trinajstić information content (AvgIpc) is 3.27. The minimum absolute atomic E-state index is 0.0690. The predicted octanol–water partition coefficient (Wildman–Crippen LogP) is 3.26. The number of Topliss-reactive ketones (excluding diaryl/α,β-unsaturated/α-hetero) is 1. The molecule has 0 radical (unpaired) electrons. The Labute approximate surface area is 284 Å². The van der Waals surface area contributed by atoms with Gasteiger partial charge in [-0.25, -0.2) is 13.2 Å². The van der Waals surface area contributed by atoms with E-state index in [0.29, 0.717) is 6.42 Å². The number of amides is 4. The fourth-order valence-electron chi connectivity index (χ4n) is 6.60. The van der Waals surface area contributed by atoms with Crippen molar-refractivity contribution in [2.75, 3.05) is 18.8 Å². The largest absolute Gasteiger partial charge is 0.444 e. The smallest absolute Gasteiger partial charge is 0.408 e. The van der Waals surface area contributed by atoms with Crippen LogP contribution in [0.15, 0.2) is 12.7 Å². The van der Waals surface area contributed by atoms with Crippen molar-refractivity contribution in [2.45, 2.75) is 127 Å². The molecular formula is C33H53ClN4O8S. The fraction of sp³-hybridized carbons (Fsp3) is 0.788. The third-order valence-corrected chi connectivity index (χ3v) is 12.6. The predicted molar refractivity (Wildman–Crippen MR) is 179 cm³/mol. The van der Waals surface area contributed by atoms with Crippen LogP contribution >= 0.6 is 11.6 Å². The number of hydrogen-bond acceptors (Lipinski definition) is 8. The van der Waals surface area contributed by atoms with Gasteiger partial charge >= 0.3 is 6.09 Å². The van der Waals surface area contributed by atoms with Gasteiger partial charge in [0.05, 0.1) is 21.4 Å². The highest BCUT2D eigenvalue weighted by atomic mass is 35.5. The summed E-state index contributed by atoms with van der Waals surface area (Å²) in [5, 5.41) is 7.86. The zero-order valence-electron chi connectivity index (χ0n) is 28.8. The molecule has 47 heavy (non-hydrogen) atoms. The molecule has 1 saturated heterocycles. The van der Waals surface area contributed by atoms with Crippen LogP contribution in [0.3, 0.4) is 0 Å². The van der Waals surface area contributed by atoms with Crippen LogP contribution in [0.4, 0.5) is 4.79 Å². The maximum absolute atomic E-state index is 14.2. The highest BCUT2D eigenvalue weighted by Crippen LogP contribution is 2.62. The van der Waals surface area contributed by atoms with E-state index in [-0.39, 0.29) is 37.1 Å². The van der Waals surface area contributed by atoms with Gasteiger partial charge in [0, 0.05) is 24.9 Å². The third kappa shape index (κ3) is 9.49. The molecule has 12 nitrogen and oxygen atoms in total. The van der Waals surface area contributed by atoms with Crippen LogP contribution in [-0.2, 0) is 33.8 Å². The summed E-state index contributed by atoms with van der Waals surface area (Å²) in [6.45, 7) is 15.3. The molecule has 0 spiro atoms. The van der Waals surface area contributed by atoms with Crippen LogP contribution < -0.4 is 16.0 Å². The highest BCUT2D eigenvalue weighted by molar-refractivity contribution is 7.92. The van der Waals surface area contributed by atoms with E-state index in [1.165, 1.54) is 4.90 Å². The minimum atomic E-state index is -3.54. The number of ether oxygens (including phenoxy) is 1. The summed E-state index contributed by atoms with van der Waals surface area (Å²) in [6, 6.07) is -3.18. The summed E-state index contributed by atoms with van der Waals surface area (Å²) in [5.74, 6) is -4.05. The number of allylic oxidation sites excluding steroid dienone is 1. The second-order valence-electron chi connectivity index (χ2n) is 15.2. The van der Waals surface area contributed by atoms with Crippen molar-refractivity contribution >= 4 is 51.0 Å². The topological polar surface area (TPSA) is 168 Å². The molecule has 14 heteroatoms. The van der Waals surface area contributed by atoms with Crippen molar-refractivity contribution < 1.29 is 37.1 Å². The number of nitrogens with one attached hydrogen (secondary N) is 3. The standard InChI is InChI=1S/C33H53ClN4O8S/c1-9-10-16-22(26(39)28(41)35-17-18-47(44,45)32(5,6)7)36-27(40)25-23-21(33(23,8)34)19-38(25)29(42)24(20-14-12-11-13-15-20)37-30(43)46-31(2,3)4/h9,20-25H,1,10-19H2,2-8H3,(H,35,41)(H,36,40)(H,37,43)/t21-,22?,23-,24-,25-,33?/m0/s1. The number of rotatable bonds is 13. The first-order valence-corrected chi connectivity index (χ1v) is 18.6. The van der Waals surface area contributed by atoms with Crippen molar-refractivity contribution in [3.63, 3.8) is 0 Å². The molecule has 6 atom stereocenters. The summed E-state index contributed by atoms with van der Waals surface area (Å²) in [6.07, 6.45) is 5.54. The molecule has 0 aromatic carbocycles. The molecule has 3 rings (SSSR count). The average molecular weight is 701 g/mol. The molecule has 3 fully saturated rings. The Kier molecular flexibility index (Phi) is 12.2. The van der Waals surface area contributed by atoms with Gasteiger partial charge in [-0.1, -0.05) is 25.3 Å². The molecule has 2 saturated carbocycles. The number of ketones is 1. The number of piperidine rings is 1. The van der Waals surface area contributed by atoms with Gasteiger partial charge in [-0.15, -0.1) is 18.2 Å². The Morgan fingerprint density at radius 2 is 1.66 bits per heavy atom. The molecule has 266 valence electrons. The first-order valence-electron chi connectivity index (χ1n) is 16.6. The Morgan fingerprint density at radius 3 is 2.21 bits per heavy atom. The number of fused-ring (bicyclic) bond motifs is 1. The number of carbonyl (C=O) groups is 5. The number of alkyl halides is 1. The van der Waals surface area contributed by atoms with Gasteiger partial charge in [-0.05, 0) is 80.1 Å². The lowest BCUT2D eigenvalue weighted by molar-refractivity contribution is -0.144. The summed E-state index contributed by atoms with van der Waals surface area (Å²) in [5.41, 5.74) is -0.775. The van der Waals surface area contributed by atoms with Gasteiger partial charge in [-0.3, -0.25) is 19.2 Å². The molecule has 0 aromatic heterocycles. The summed E-state index contributed by atoms with van der Waals surface area (Å²) < 4.78 is 29.3. The van der Waals surface area contributed by atoms with E-state index in [0.717, 1.165) is 32.1 Å². The lowest BCUT2D eigenvalue weighted by atomic mass is 9.83. The number of nitrogens with zero attached hydrogens (tertiary/aromatic N) is 1. The number of likely N-dealkylation sites (tertiary alicyclic amines) is 1. The summed E-state index contributed by atoms with van der Waals surface area (Å²) >= 11 is 6.76. The van der Waals surface area contributed by atoms with E-state index in [2.05, 4.69) is 22.5 Å². The molecule has 1 heterocycles. The Hall–Kier alpha value is -2.67. The van der Waals surface area contributed by atoms with E-state index in [1.807, 2.05) is 6.92 Å². The maximum Gasteiger partial charge on any atom is 0.408 e. The first kappa shape index (κ1) is 38.8. The molecule has 2 aliphatic carbocycles. The molecular weight excluding hydrogens is 648 g/mol. The molecule has 1 aliphatic heterocycles. The van der Waals surface area contributed by atoms with Gasteiger partial charge in [-0.2, -0.15) is 0 Å². The molecule has 4 amide bonds. The molecule has 2 unspecified atom stereocenters. The normalized spacial score (nSPS) is 26.0. The van der Waals surface area contributed by atoms with E-state index in [1.54, 1.807) is 47.6 Å². The van der Waals surface area contributed by atoms with Gasteiger partial charge in [0.2, 0.25) is 17.6 Å². The van der Waals surface area contributed by atoms with Gasteiger partial charge in [0.1, 0.15) is 17.7 Å². The lowest BCUT2D eigenvalue weighted by Crippen LogP contribution is -2.60. The van der Waals surface area contributed by atoms with Crippen LogP contribution in [0.5, 0.6) is 0 Å². The number of hydrogen-bond donors (Lipinski definition) is 3. The van der Waals surface area contributed by atoms with E-state index in [9.17, 15) is 32.4 Å². The Morgan fingerprint density at radius 1 is 1.04 bits per heavy atom. The monoisotopic (exact) mass is 700 g/mol. The fourth-order valence-corrected chi connectivity index (χ4v) is 7.99. The molecule has 3 N–H and O–H groups in total. The van der Waals surface area contributed by atoms with E-state index < -0.39 is 78.7 Å². The van der Waals surface area contributed by atoms with Crippen molar-refractivity contribution in [1.82, 2.24) is 20.9 Å². The number of sulfone groups is 1. The summed E-state index contributed by atoms with van der Waals surface area (Å²) in [4.78, 5) is 67.9. The number of halogens is 1. The number of alkyl carbamates (subject to hydrolysis) is 1. The van der Waals surface area contributed by atoms with Crippen molar-refractivity contribution in [1.29, 1.82) is 0 Å². The van der Waals surface area contributed by atoms with Gasteiger partial charge in [0.25, 0.3) is 5.91 Å². The highest BCUT2D eigenvalue weighted by Gasteiger charge is 2.72. The van der Waals surface area contributed by atoms with Crippen LogP contribution in [0.1, 0.15) is 93.4 Å². The zero-order chi connectivity index (χ0) is 35.5. The third-order valence-electron chi connectivity index (χ3n) is 9.49. The second-order valence-corrected chi connectivity index (χ2v) is 18.9. The van der Waals surface area contributed by atoms with Crippen LogP contribution in [0.25, 0.3) is 0 Å². The maximum atomic E-state index is 14.2. The van der Waals surface area contributed by atoms with Crippen molar-refractivity contribution in [3.8, 4) is 0 Å². The molecule has 0 bridgehead atoms. The SMILES string of the molecule is C=CCCC(NC(=O)[C@@H]1[C@@H]2[C@H](CN1C(=O)[C@@H](NC(=O)OC(C)(C)C)C1CCCCC1)C2(C)Cl)C(=O)C(=O)NCCS(=O)(=O)C(C)(C)C. The van der Waals surface area contributed by atoms with Gasteiger partial charge in [0.15, 0.2) is 9.84 Å². The van der Waals surface area contributed by atoms with Crippen LogP contribution in [0, 0.1) is 17.8 Å².